The fraction of sp³-hybridized carbons (Fsp3) is 0.269. The van der Waals surface area contributed by atoms with Crippen molar-refractivity contribution in [3.63, 3.8) is 0 Å². The average molecular weight is 441 g/mol. The number of hydrogen-bond acceptors (Lipinski definition) is 6. The van der Waals surface area contributed by atoms with E-state index in [0.717, 1.165) is 46.4 Å². The van der Waals surface area contributed by atoms with Crippen molar-refractivity contribution in [1.29, 1.82) is 0 Å². The minimum atomic E-state index is 0.114. The predicted octanol–water partition coefficient (Wildman–Crippen LogP) is 5.01. The second-order valence-electron chi connectivity index (χ2n) is 8.47. The number of piperidine rings is 1. The maximum atomic E-state index is 11.7. The van der Waals surface area contributed by atoms with Crippen molar-refractivity contribution in [3.8, 4) is 34.2 Å². The van der Waals surface area contributed by atoms with Crippen LogP contribution in [0, 0.1) is 0 Å². The molecule has 1 fully saturated rings. The van der Waals surface area contributed by atoms with Crippen LogP contribution in [0.4, 0.5) is 0 Å². The highest BCUT2D eigenvalue weighted by molar-refractivity contribution is 5.84. The first-order valence-corrected chi connectivity index (χ1v) is 11.2. The number of carbonyl (C=O) groups excluding carboxylic acids is 1. The molecular formula is C26H23N3O4. The smallest absolute Gasteiger partial charge is 0.231 e. The highest BCUT2D eigenvalue weighted by Gasteiger charge is 2.29. The van der Waals surface area contributed by atoms with Gasteiger partial charge in [-0.15, -0.1) is 0 Å². The monoisotopic (exact) mass is 441 g/mol. The standard InChI is InChI=1S/C26H23N3O4/c1-16(30)29-12-10-18(11-13-29)26-28-24(19-7-9-22-23(14-19)32-15-31-22)25(33-26)21-8-6-17-4-2-3-5-20(17)27-21/h2-9,14,18H,10-13,15H2,1H3. The Bertz CT molecular complexity index is 1350. The molecule has 33 heavy (non-hydrogen) atoms. The second kappa shape index (κ2) is 7.92. The highest BCUT2D eigenvalue weighted by atomic mass is 16.7. The lowest BCUT2D eigenvalue weighted by molar-refractivity contribution is -0.129. The van der Waals surface area contributed by atoms with Crippen molar-refractivity contribution in [1.82, 2.24) is 14.9 Å². The van der Waals surface area contributed by atoms with Gasteiger partial charge in [0.25, 0.3) is 0 Å². The molecule has 0 unspecified atom stereocenters. The van der Waals surface area contributed by atoms with Gasteiger partial charge in [-0.05, 0) is 43.2 Å². The third-order valence-corrected chi connectivity index (χ3v) is 6.41. The number of carbonyl (C=O) groups is 1. The van der Waals surface area contributed by atoms with Gasteiger partial charge in [-0.3, -0.25) is 4.79 Å². The van der Waals surface area contributed by atoms with Gasteiger partial charge in [0.1, 0.15) is 11.4 Å². The number of rotatable bonds is 3. The molecule has 4 heterocycles. The molecule has 4 aromatic rings. The first kappa shape index (κ1) is 19.8. The van der Waals surface area contributed by atoms with Gasteiger partial charge in [0.05, 0.1) is 5.52 Å². The van der Waals surface area contributed by atoms with Crippen LogP contribution in [0.25, 0.3) is 33.6 Å². The molecule has 2 aromatic heterocycles. The van der Waals surface area contributed by atoms with E-state index in [4.69, 9.17) is 23.9 Å². The largest absolute Gasteiger partial charge is 0.454 e. The summed E-state index contributed by atoms with van der Waals surface area (Å²) in [6, 6.07) is 17.8. The van der Waals surface area contributed by atoms with E-state index in [1.165, 1.54) is 0 Å². The first-order chi connectivity index (χ1) is 16.2. The fourth-order valence-corrected chi connectivity index (χ4v) is 4.56. The number of nitrogens with zero attached hydrogens (tertiary/aromatic N) is 3. The van der Waals surface area contributed by atoms with E-state index in [0.29, 0.717) is 30.5 Å². The number of ether oxygens (including phenoxy) is 2. The Kier molecular flexibility index (Phi) is 4.75. The normalized spacial score (nSPS) is 15.8. The number of oxazole rings is 1. The van der Waals surface area contributed by atoms with Gasteiger partial charge >= 0.3 is 0 Å². The van der Waals surface area contributed by atoms with E-state index in [2.05, 4.69) is 6.07 Å². The molecule has 2 aliphatic rings. The van der Waals surface area contributed by atoms with Crippen LogP contribution in [0.3, 0.4) is 0 Å². The summed E-state index contributed by atoms with van der Waals surface area (Å²) in [6.07, 6.45) is 1.65. The zero-order valence-electron chi connectivity index (χ0n) is 18.3. The minimum absolute atomic E-state index is 0.114. The Morgan fingerprint density at radius 3 is 2.64 bits per heavy atom. The van der Waals surface area contributed by atoms with E-state index >= 15 is 0 Å². The second-order valence-corrected chi connectivity index (χ2v) is 8.47. The lowest BCUT2D eigenvalue weighted by Crippen LogP contribution is -2.36. The van der Waals surface area contributed by atoms with E-state index < -0.39 is 0 Å². The van der Waals surface area contributed by atoms with Crippen molar-refractivity contribution in [2.45, 2.75) is 25.7 Å². The summed E-state index contributed by atoms with van der Waals surface area (Å²) in [5.74, 6) is 3.03. The van der Waals surface area contributed by atoms with Crippen LogP contribution in [-0.2, 0) is 4.79 Å². The minimum Gasteiger partial charge on any atom is -0.454 e. The topological polar surface area (TPSA) is 77.7 Å². The highest BCUT2D eigenvalue weighted by Crippen LogP contribution is 2.41. The molecule has 7 nitrogen and oxygen atoms in total. The van der Waals surface area contributed by atoms with Crippen LogP contribution >= 0.6 is 0 Å². The summed E-state index contributed by atoms with van der Waals surface area (Å²) < 4.78 is 17.5. The van der Waals surface area contributed by atoms with Crippen LogP contribution in [0.15, 0.2) is 59.0 Å². The van der Waals surface area contributed by atoms with Crippen molar-refractivity contribution in [2.75, 3.05) is 19.9 Å². The van der Waals surface area contributed by atoms with Crippen molar-refractivity contribution in [3.05, 3.63) is 60.5 Å². The zero-order valence-corrected chi connectivity index (χ0v) is 18.3. The summed E-state index contributed by atoms with van der Waals surface area (Å²) in [7, 11) is 0. The Morgan fingerprint density at radius 1 is 0.970 bits per heavy atom. The van der Waals surface area contributed by atoms with Gasteiger partial charge in [0.2, 0.25) is 12.7 Å². The van der Waals surface area contributed by atoms with Crippen LogP contribution in [0.1, 0.15) is 31.6 Å². The molecule has 7 heteroatoms. The molecule has 6 rings (SSSR count). The lowest BCUT2D eigenvalue weighted by atomic mass is 9.97. The van der Waals surface area contributed by atoms with E-state index in [1.807, 2.05) is 53.4 Å². The van der Waals surface area contributed by atoms with Crippen molar-refractivity contribution < 1.29 is 18.7 Å². The molecule has 166 valence electrons. The van der Waals surface area contributed by atoms with Crippen molar-refractivity contribution in [2.24, 2.45) is 0 Å². The summed E-state index contributed by atoms with van der Waals surface area (Å²) >= 11 is 0. The molecule has 0 atom stereocenters. The number of aromatic nitrogens is 2. The third kappa shape index (κ3) is 3.59. The SMILES string of the molecule is CC(=O)N1CCC(c2nc(-c3ccc4c(c3)OCO4)c(-c3ccc4ccccc4n3)o2)CC1. The molecule has 0 saturated carbocycles. The zero-order chi connectivity index (χ0) is 22.4. The molecule has 0 aliphatic carbocycles. The van der Waals surface area contributed by atoms with Gasteiger partial charge in [-0.2, -0.15) is 0 Å². The van der Waals surface area contributed by atoms with Gasteiger partial charge in [-0.25, -0.2) is 9.97 Å². The van der Waals surface area contributed by atoms with Crippen LogP contribution in [-0.4, -0.2) is 40.7 Å². The lowest BCUT2D eigenvalue weighted by Gasteiger charge is -2.29. The quantitative estimate of drug-likeness (QED) is 0.445. The summed E-state index contributed by atoms with van der Waals surface area (Å²) in [6.45, 7) is 3.26. The molecule has 0 N–H and O–H groups in total. The van der Waals surface area contributed by atoms with Crippen LogP contribution < -0.4 is 9.47 Å². The Labute approximate surface area is 191 Å². The molecular weight excluding hydrogens is 418 g/mol. The predicted molar refractivity (Wildman–Crippen MR) is 123 cm³/mol. The molecule has 2 aromatic carbocycles. The van der Waals surface area contributed by atoms with Crippen LogP contribution in [0.5, 0.6) is 11.5 Å². The number of amides is 1. The molecule has 0 radical (unpaired) electrons. The number of likely N-dealkylation sites (tertiary alicyclic amines) is 1. The van der Waals surface area contributed by atoms with Crippen LogP contribution in [0.2, 0.25) is 0 Å². The van der Waals surface area contributed by atoms with E-state index in [9.17, 15) is 4.79 Å². The maximum Gasteiger partial charge on any atom is 0.231 e. The Morgan fingerprint density at radius 2 is 1.79 bits per heavy atom. The molecule has 0 spiro atoms. The van der Waals surface area contributed by atoms with Gasteiger partial charge < -0.3 is 18.8 Å². The number of hydrogen-bond donors (Lipinski definition) is 0. The van der Waals surface area contributed by atoms with E-state index in [1.54, 1.807) is 6.92 Å². The maximum absolute atomic E-state index is 11.7. The molecule has 1 saturated heterocycles. The first-order valence-electron chi connectivity index (χ1n) is 11.2. The third-order valence-electron chi connectivity index (χ3n) is 6.41. The number of fused-ring (bicyclic) bond motifs is 2. The summed E-state index contributed by atoms with van der Waals surface area (Å²) in [4.78, 5) is 23.4. The van der Waals surface area contributed by atoms with Crippen molar-refractivity contribution >= 4 is 16.8 Å². The van der Waals surface area contributed by atoms with Gasteiger partial charge in [0.15, 0.2) is 23.1 Å². The summed E-state index contributed by atoms with van der Waals surface area (Å²) in [5.41, 5.74) is 3.26. The number of pyridine rings is 1. The average Bonchev–Trinajstić information content (AvgIpc) is 3.51. The number of benzene rings is 2. The number of para-hydroxylation sites is 1. The Balaban J connectivity index is 1.43. The van der Waals surface area contributed by atoms with E-state index in [-0.39, 0.29) is 18.6 Å². The van der Waals surface area contributed by atoms with Gasteiger partial charge in [0, 0.05) is 36.9 Å². The Hall–Kier alpha value is -3.87. The summed E-state index contributed by atoms with van der Waals surface area (Å²) in [5, 5.41) is 1.07. The fourth-order valence-electron chi connectivity index (χ4n) is 4.56. The molecule has 1 amide bonds. The molecule has 0 bridgehead atoms. The van der Waals surface area contributed by atoms with Gasteiger partial charge in [-0.1, -0.05) is 24.3 Å². The molecule has 2 aliphatic heterocycles.